The van der Waals surface area contributed by atoms with Gasteiger partial charge in [0, 0.05) is 12.6 Å². The highest BCUT2D eigenvalue weighted by molar-refractivity contribution is 5.81. The number of piperidine rings is 1. The average Bonchev–Trinajstić information content (AvgIpc) is 2.61. The summed E-state index contributed by atoms with van der Waals surface area (Å²) >= 11 is 0. The van der Waals surface area contributed by atoms with Crippen LogP contribution in [0, 0.1) is 6.92 Å². The Bertz CT molecular complexity index is 693. The van der Waals surface area contributed by atoms with Gasteiger partial charge in [0.05, 0.1) is 0 Å². The number of carbonyl (C=O) groups excluding carboxylic acids is 1. The van der Waals surface area contributed by atoms with E-state index in [1.165, 1.54) is 11.1 Å². The number of rotatable bonds is 6. The van der Waals surface area contributed by atoms with Crippen molar-refractivity contribution in [3.8, 4) is 0 Å². The molecule has 0 saturated carbocycles. The van der Waals surface area contributed by atoms with E-state index >= 15 is 0 Å². The molecule has 1 atom stereocenters. The summed E-state index contributed by atoms with van der Waals surface area (Å²) in [5.41, 5.74) is 9.23. The van der Waals surface area contributed by atoms with Crippen LogP contribution in [0.25, 0.3) is 0 Å². The Morgan fingerprint density at radius 2 is 1.88 bits per heavy atom. The lowest BCUT2D eigenvalue weighted by Gasteiger charge is -2.34. The number of primary amides is 1. The van der Waals surface area contributed by atoms with Crippen LogP contribution < -0.4 is 11.1 Å². The molecule has 1 aliphatic heterocycles. The number of nitrogens with zero attached hydrogens (tertiary/aromatic N) is 1. The Hall–Kier alpha value is -2.17. The van der Waals surface area contributed by atoms with E-state index in [4.69, 9.17) is 5.73 Å². The van der Waals surface area contributed by atoms with Gasteiger partial charge >= 0.3 is 0 Å². The molecule has 0 aliphatic carbocycles. The highest BCUT2D eigenvalue weighted by Gasteiger charge is 2.25. The van der Waals surface area contributed by atoms with Crippen LogP contribution >= 0.6 is 0 Å². The largest absolute Gasteiger partial charge is 0.368 e. The minimum atomic E-state index is -0.408. The highest BCUT2D eigenvalue weighted by Crippen LogP contribution is 2.19. The van der Waals surface area contributed by atoms with E-state index in [-0.39, 0.29) is 5.91 Å². The van der Waals surface area contributed by atoms with Crippen LogP contribution in [0.1, 0.15) is 35.6 Å². The minimum absolute atomic E-state index is 0.312. The fourth-order valence-corrected chi connectivity index (χ4v) is 3.55. The lowest BCUT2D eigenvalue weighted by molar-refractivity contribution is -0.120. The molecular weight excluding hydrogens is 310 g/mol. The van der Waals surface area contributed by atoms with Crippen LogP contribution in [0.3, 0.4) is 0 Å². The van der Waals surface area contributed by atoms with Crippen LogP contribution in [-0.4, -0.2) is 29.9 Å². The van der Waals surface area contributed by atoms with Crippen LogP contribution in [0.5, 0.6) is 0 Å². The molecule has 0 aromatic heterocycles. The zero-order valence-corrected chi connectivity index (χ0v) is 14.8. The standard InChI is InChI=1S/C21H27N3O/c1-16-6-5-7-17(14-16)15-24-12-10-19(11-13-24)23-20(21(22)25)18-8-3-2-4-9-18/h2-9,14,19-20,23H,10-13,15H2,1H3,(H2,22,25)/t20-/m0/s1. The molecule has 2 aromatic rings. The molecular formula is C21H27N3O. The van der Waals surface area contributed by atoms with Crippen LogP contribution in [0.2, 0.25) is 0 Å². The summed E-state index contributed by atoms with van der Waals surface area (Å²) in [4.78, 5) is 14.3. The summed E-state index contributed by atoms with van der Waals surface area (Å²) in [5.74, 6) is -0.312. The number of carbonyl (C=O) groups is 1. The molecule has 25 heavy (non-hydrogen) atoms. The van der Waals surface area contributed by atoms with Gasteiger partial charge in [-0.2, -0.15) is 0 Å². The van der Waals surface area contributed by atoms with Crippen molar-refractivity contribution in [2.45, 2.75) is 38.4 Å². The topological polar surface area (TPSA) is 58.4 Å². The first kappa shape index (κ1) is 17.6. The van der Waals surface area contributed by atoms with Gasteiger partial charge in [0.2, 0.25) is 5.91 Å². The van der Waals surface area contributed by atoms with E-state index in [1.54, 1.807) is 0 Å². The van der Waals surface area contributed by atoms with Crippen molar-refractivity contribution >= 4 is 5.91 Å². The number of amides is 1. The lowest BCUT2D eigenvalue weighted by Crippen LogP contribution is -2.46. The maximum Gasteiger partial charge on any atom is 0.239 e. The van der Waals surface area contributed by atoms with E-state index in [9.17, 15) is 4.79 Å². The number of likely N-dealkylation sites (tertiary alicyclic amines) is 1. The van der Waals surface area contributed by atoms with Gasteiger partial charge in [-0.05, 0) is 44.0 Å². The second-order valence-corrected chi connectivity index (χ2v) is 6.95. The summed E-state index contributed by atoms with van der Waals surface area (Å²) in [5, 5.41) is 3.46. The third-order valence-corrected chi connectivity index (χ3v) is 4.90. The number of hydrogen-bond donors (Lipinski definition) is 2. The van der Waals surface area contributed by atoms with Gasteiger partial charge in [-0.1, -0.05) is 60.2 Å². The Labute approximate surface area is 150 Å². The molecule has 0 radical (unpaired) electrons. The van der Waals surface area contributed by atoms with Gasteiger partial charge in [0.25, 0.3) is 0 Å². The van der Waals surface area contributed by atoms with Crippen LogP contribution in [0.15, 0.2) is 54.6 Å². The summed E-state index contributed by atoms with van der Waals surface area (Å²) in [6.45, 7) is 5.19. The van der Waals surface area contributed by atoms with E-state index in [1.807, 2.05) is 30.3 Å². The summed E-state index contributed by atoms with van der Waals surface area (Å²) in [6.07, 6.45) is 2.06. The van der Waals surface area contributed by atoms with Crippen molar-refractivity contribution in [3.05, 3.63) is 71.3 Å². The molecule has 0 unspecified atom stereocenters. The van der Waals surface area contributed by atoms with Gasteiger partial charge < -0.3 is 5.73 Å². The Balaban J connectivity index is 1.54. The number of aryl methyl sites for hydroxylation is 1. The molecule has 1 saturated heterocycles. The normalized spacial score (nSPS) is 17.3. The van der Waals surface area contributed by atoms with Gasteiger partial charge in [-0.25, -0.2) is 0 Å². The first-order valence-corrected chi connectivity index (χ1v) is 9.00. The maximum atomic E-state index is 11.9. The highest BCUT2D eigenvalue weighted by atomic mass is 16.1. The Morgan fingerprint density at radius 1 is 1.16 bits per heavy atom. The van der Waals surface area contributed by atoms with Crippen molar-refractivity contribution in [1.82, 2.24) is 10.2 Å². The quantitative estimate of drug-likeness (QED) is 0.852. The first-order chi connectivity index (χ1) is 12.1. The second-order valence-electron chi connectivity index (χ2n) is 6.95. The molecule has 3 rings (SSSR count). The van der Waals surface area contributed by atoms with Crippen molar-refractivity contribution in [3.63, 3.8) is 0 Å². The fraction of sp³-hybridized carbons (Fsp3) is 0.381. The molecule has 1 aliphatic rings. The predicted molar refractivity (Wildman–Crippen MR) is 101 cm³/mol. The molecule has 1 fully saturated rings. The van der Waals surface area contributed by atoms with Gasteiger partial charge in [-0.3, -0.25) is 15.0 Å². The number of nitrogens with one attached hydrogen (secondary N) is 1. The molecule has 1 amide bonds. The first-order valence-electron chi connectivity index (χ1n) is 9.00. The van der Waals surface area contributed by atoms with Crippen molar-refractivity contribution in [2.24, 2.45) is 5.73 Å². The Morgan fingerprint density at radius 3 is 2.52 bits per heavy atom. The molecule has 2 aromatic carbocycles. The van der Waals surface area contributed by atoms with Crippen molar-refractivity contribution in [1.29, 1.82) is 0 Å². The Kier molecular flexibility index (Phi) is 5.84. The van der Waals surface area contributed by atoms with Crippen LogP contribution in [0.4, 0.5) is 0 Å². The van der Waals surface area contributed by atoms with E-state index in [2.05, 4.69) is 41.4 Å². The minimum Gasteiger partial charge on any atom is -0.368 e. The monoisotopic (exact) mass is 337 g/mol. The SMILES string of the molecule is Cc1cccc(CN2CCC(N[C@H](C(N)=O)c3ccccc3)CC2)c1. The predicted octanol–water partition coefficient (Wildman–Crippen LogP) is 2.78. The molecule has 1 heterocycles. The summed E-state index contributed by atoms with van der Waals surface area (Å²) in [6, 6.07) is 18.4. The maximum absolute atomic E-state index is 11.9. The zero-order valence-electron chi connectivity index (χ0n) is 14.8. The average molecular weight is 337 g/mol. The van der Waals surface area contributed by atoms with E-state index < -0.39 is 6.04 Å². The third-order valence-electron chi connectivity index (χ3n) is 4.90. The second kappa shape index (κ2) is 8.28. The fourth-order valence-electron chi connectivity index (χ4n) is 3.55. The molecule has 4 heteroatoms. The van der Waals surface area contributed by atoms with Gasteiger partial charge in [0.15, 0.2) is 0 Å². The number of benzene rings is 2. The summed E-state index contributed by atoms with van der Waals surface area (Å²) in [7, 11) is 0. The molecule has 3 N–H and O–H groups in total. The molecule has 0 bridgehead atoms. The number of nitrogens with two attached hydrogens (primary N) is 1. The van der Waals surface area contributed by atoms with E-state index in [0.29, 0.717) is 6.04 Å². The van der Waals surface area contributed by atoms with Crippen molar-refractivity contribution in [2.75, 3.05) is 13.1 Å². The third kappa shape index (κ3) is 4.91. The van der Waals surface area contributed by atoms with Crippen molar-refractivity contribution < 1.29 is 4.79 Å². The van der Waals surface area contributed by atoms with E-state index in [0.717, 1.165) is 38.0 Å². The molecule has 132 valence electrons. The van der Waals surface area contributed by atoms with Crippen LogP contribution in [-0.2, 0) is 11.3 Å². The lowest BCUT2D eigenvalue weighted by atomic mass is 10.00. The summed E-state index contributed by atoms with van der Waals surface area (Å²) < 4.78 is 0. The molecule has 4 nitrogen and oxygen atoms in total. The number of hydrogen-bond acceptors (Lipinski definition) is 3. The molecule has 0 spiro atoms. The zero-order chi connectivity index (χ0) is 17.6. The van der Waals surface area contributed by atoms with Gasteiger partial charge in [0.1, 0.15) is 6.04 Å². The smallest absolute Gasteiger partial charge is 0.239 e. The van der Waals surface area contributed by atoms with Gasteiger partial charge in [-0.15, -0.1) is 0 Å².